The van der Waals surface area contributed by atoms with Crippen molar-refractivity contribution in [3.05, 3.63) is 35.6 Å². The highest BCUT2D eigenvalue weighted by Crippen LogP contribution is 2.29. The molecule has 0 aromatic heterocycles. The Morgan fingerprint density at radius 3 is 2.68 bits per heavy atom. The van der Waals surface area contributed by atoms with Gasteiger partial charge in [0.05, 0.1) is 5.54 Å². The van der Waals surface area contributed by atoms with Crippen molar-refractivity contribution in [2.24, 2.45) is 5.73 Å². The van der Waals surface area contributed by atoms with Gasteiger partial charge in [-0.2, -0.15) is 0 Å². The topological polar surface area (TPSA) is 46.3 Å². The normalized spacial score (nSPS) is 17.4. The fraction of sp³-hybridized carbons (Fsp3) is 0.533. The summed E-state index contributed by atoms with van der Waals surface area (Å²) in [6.45, 7) is 2.94. The molecule has 1 amide bonds. The van der Waals surface area contributed by atoms with E-state index >= 15 is 0 Å². The van der Waals surface area contributed by atoms with Gasteiger partial charge in [0.1, 0.15) is 5.82 Å². The molecule has 4 heteroatoms. The van der Waals surface area contributed by atoms with E-state index in [4.69, 9.17) is 5.73 Å². The van der Waals surface area contributed by atoms with E-state index in [-0.39, 0.29) is 11.7 Å². The van der Waals surface area contributed by atoms with Gasteiger partial charge in [-0.15, -0.1) is 0 Å². The molecule has 0 spiro atoms. The number of benzene rings is 1. The van der Waals surface area contributed by atoms with E-state index < -0.39 is 5.54 Å². The summed E-state index contributed by atoms with van der Waals surface area (Å²) in [7, 11) is 0. The summed E-state index contributed by atoms with van der Waals surface area (Å²) in [5.41, 5.74) is 6.29. The quantitative estimate of drug-likeness (QED) is 0.908. The number of carbonyl (C=O) groups excluding carboxylic acids is 1. The second kappa shape index (κ2) is 5.70. The molecule has 0 aliphatic heterocycles. The minimum absolute atomic E-state index is 0.00300. The molecule has 0 atom stereocenters. The summed E-state index contributed by atoms with van der Waals surface area (Å²) in [4.78, 5) is 14.2. The first-order chi connectivity index (χ1) is 9.05. The molecule has 0 heterocycles. The maximum absolute atomic E-state index is 13.2. The van der Waals surface area contributed by atoms with E-state index in [2.05, 4.69) is 0 Å². The van der Waals surface area contributed by atoms with Gasteiger partial charge in [0.15, 0.2) is 0 Å². The lowest BCUT2D eigenvalue weighted by molar-refractivity contribution is -0.137. The van der Waals surface area contributed by atoms with Crippen LogP contribution in [0.3, 0.4) is 0 Å². The third kappa shape index (κ3) is 3.13. The lowest BCUT2D eigenvalue weighted by atomic mass is 9.97. The number of nitrogens with two attached hydrogens (primary N) is 1. The Balaban J connectivity index is 2.10. The van der Waals surface area contributed by atoms with E-state index in [0.29, 0.717) is 13.1 Å². The number of halogens is 1. The molecule has 1 aromatic carbocycles. The summed E-state index contributed by atoms with van der Waals surface area (Å²) < 4.78 is 13.2. The van der Waals surface area contributed by atoms with Crippen LogP contribution >= 0.6 is 0 Å². The van der Waals surface area contributed by atoms with Crippen molar-refractivity contribution in [1.29, 1.82) is 0 Å². The molecule has 0 bridgehead atoms. The number of hydrogen-bond donors (Lipinski definition) is 1. The fourth-order valence-corrected chi connectivity index (χ4v) is 2.72. The Bertz CT molecular complexity index is 455. The summed E-state index contributed by atoms with van der Waals surface area (Å²) in [5, 5.41) is 0. The zero-order valence-electron chi connectivity index (χ0n) is 11.4. The van der Waals surface area contributed by atoms with Gasteiger partial charge in [-0.1, -0.05) is 25.0 Å². The Kier molecular flexibility index (Phi) is 4.20. The molecule has 0 saturated heterocycles. The number of carbonyl (C=O) groups is 1. The van der Waals surface area contributed by atoms with Crippen LogP contribution < -0.4 is 5.73 Å². The van der Waals surface area contributed by atoms with Crippen molar-refractivity contribution >= 4 is 5.91 Å². The molecule has 104 valence electrons. The Morgan fingerprint density at radius 1 is 1.42 bits per heavy atom. The van der Waals surface area contributed by atoms with Crippen molar-refractivity contribution in [3.63, 3.8) is 0 Å². The molecule has 1 aromatic rings. The summed E-state index contributed by atoms with van der Waals surface area (Å²) in [5.74, 6) is -0.277. The summed E-state index contributed by atoms with van der Waals surface area (Å²) in [6, 6.07) is 6.37. The lowest BCUT2D eigenvalue weighted by Gasteiger charge is -2.30. The SMILES string of the molecule is CCN(Cc1cccc(F)c1)C(=O)C1(N)CCCC1. The van der Waals surface area contributed by atoms with Crippen molar-refractivity contribution < 1.29 is 9.18 Å². The predicted molar refractivity (Wildman–Crippen MR) is 72.9 cm³/mol. The maximum atomic E-state index is 13.2. The van der Waals surface area contributed by atoms with Gasteiger partial charge < -0.3 is 10.6 Å². The molecule has 19 heavy (non-hydrogen) atoms. The first-order valence-corrected chi connectivity index (χ1v) is 6.88. The third-order valence-corrected chi connectivity index (χ3v) is 3.85. The van der Waals surface area contributed by atoms with Crippen LogP contribution in [-0.4, -0.2) is 22.9 Å². The van der Waals surface area contributed by atoms with Gasteiger partial charge in [0.25, 0.3) is 0 Å². The second-order valence-corrected chi connectivity index (χ2v) is 5.31. The van der Waals surface area contributed by atoms with Crippen LogP contribution in [0.15, 0.2) is 24.3 Å². The first kappa shape index (κ1) is 14.0. The molecule has 1 saturated carbocycles. The average Bonchev–Trinajstić information content (AvgIpc) is 2.83. The van der Waals surface area contributed by atoms with Crippen LogP contribution in [0.25, 0.3) is 0 Å². The number of nitrogens with zero attached hydrogens (tertiary/aromatic N) is 1. The minimum atomic E-state index is -0.705. The number of likely N-dealkylation sites (N-methyl/N-ethyl adjacent to an activating group) is 1. The van der Waals surface area contributed by atoms with E-state index in [1.54, 1.807) is 11.0 Å². The van der Waals surface area contributed by atoms with Crippen LogP contribution in [0, 0.1) is 5.82 Å². The minimum Gasteiger partial charge on any atom is -0.337 e. The van der Waals surface area contributed by atoms with Gasteiger partial charge in [-0.25, -0.2) is 4.39 Å². The van der Waals surface area contributed by atoms with Crippen molar-refractivity contribution in [2.45, 2.75) is 44.7 Å². The third-order valence-electron chi connectivity index (χ3n) is 3.85. The van der Waals surface area contributed by atoms with E-state index in [9.17, 15) is 9.18 Å². The monoisotopic (exact) mass is 264 g/mol. The van der Waals surface area contributed by atoms with Crippen molar-refractivity contribution in [2.75, 3.05) is 6.54 Å². The van der Waals surface area contributed by atoms with Crippen LogP contribution in [0.4, 0.5) is 4.39 Å². The van der Waals surface area contributed by atoms with E-state index in [1.807, 2.05) is 13.0 Å². The van der Waals surface area contributed by atoms with Crippen LogP contribution in [-0.2, 0) is 11.3 Å². The molecule has 1 fully saturated rings. The number of rotatable bonds is 4. The largest absolute Gasteiger partial charge is 0.337 e. The zero-order chi connectivity index (χ0) is 13.9. The summed E-state index contributed by atoms with van der Waals surface area (Å²) in [6.07, 6.45) is 3.54. The Morgan fingerprint density at radius 2 is 2.11 bits per heavy atom. The molecular formula is C15H21FN2O. The van der Waals surface area contributed by atoms with Crippen LogP contribution in [0.1, 0.15) is 38.2 Å². The second-order valence-electron chi connectivity index (χ2n) is 5.31. The Labute approximate surface area is 113 Å². The summed E-state index contributed by atoms with van der Waals surface area (Å²) >= 11 is 0. The van der Waals surface area contributed by atoms with Crippen molar-refractivity contribution in [3.8, 4) is 0 Å². The van der Waals surface area contributed by atoms with Gasteiger partial charge in [0.2, 0.25) is 5.91 Å². The smallest absolute Gasteiger partial charge is 0.242 e. The van der Waals surface area contributed by atoms with E-state index in [0.717, 1.165) is 31.2 Å². The molecule has 3 nitrogen and oxygen atoms in total. The number of hydrogen-bond acceptors (Lipinski definition) is 2. The molecule has 0 radical (unpaired) electrons. The fourth-order valence-electron chi connectivity index (χ4n) is 2.72. The highest BCUT2D eigenvalue weighted by molar-refractivity contribution is 5.86. The van der Waals surface area contributed by atoms with Gasteiger partial charge in [-0.3, -0.25) is 4.79 Å². The molecule has 1 aliphatic carbocycles. The van der Waals surface area contributed by atoms with Crippen molar-refractivity contribution in [1.82, 2.24) is 4.90 Å². The highest BCUT2D eigenvalue weighted by Gasteiger charge is 2.39. The Hall–Kier alpha value is -1.42. The molecule has 2 N–H and O–H groups in total. The molecule has 0 unspecified atom stereocenters. The lowest BCUT2D eigenvalue weighted by Crippen LogP contribution is -2.53. The predicted octanol–water partition coefficient (Wildman–Crippen LogP) is 2.45. The van der Waals surface area contributed by atoms with Gasteiger partial charge >= 0.3 is 0 Å². The van der Waals surface area contributed by atoms with Crippen LogP contribution in [0.2, 0.25) is 0 Å². The number of amides is 1. The average molecular weight is 264 g/mol. The zero-order valence-corrected chi connectivity index (χ0v) is 11.4. The highest BCUT2D eigenvalue weighted by atomic mass is 19.1. The van der Waals surface area contributed by atoms with Gasteiger partial charge in [0, 0.05) is 13.1 Å². The molecular weight excluding hydrogens is 243 g/mol. The molecule has 1 aliphatic rings. The van der Waals surface area contributed by atoms with Gasteiger partial charge in [-0.05, 0) is 37.5 Å². The maximum Gasteiger partial charge on any atom is 0.242 e. The molecule has 2 rings (SSSR count). The standard InChI is InChI=1S/C15H21FN2O/c1-2-18(11-12-6-5-7-13(16)10-12)14(19)15(17)8-3-4-9-15/h5-7,10H,2-4,8-9,11,17H2,1H3. The van der Waals surface area contributed by atoms with Crippen LogP contribution in [0.5, 0.6) is 0 Å². The van der Waals surface area contributed by atoms with E-state index in [1.165, 1.54) is 12.1 Å². The first-order valence-electron chi connectivity index (χ1n) is 6.88.